The van der Waals surface area contributed by atoms with Gasteiger partial charge in [0.05, 0.1) is 13.2 Å². The molecule has 0 radical (unpaired) electrons. The maximum atomic E-state index is 12.2. The van der Waals surface area contributed by atoms with Crippen LogP contribution < -0.4 is 5.73 Å². The van der Waals surface area contributed by atoms with Crippen LogP contribution in [0.15, 0.2) is 0 Å². The van der Waals surface area contributed by atoms with E-state index in [1.165, 1.54) is 4.90 Å². The minimum atomic E-state index is -4.17. The summed E-state index contributed by atoms with van der Waals surface area (Å²) in [6.07, 6.45) is -3.25. The molecule has 0 heterocycles. The summed E-state index contributed by atoms with van der Waals surface area (Å²) in [5, 5.41) is 0. The fourth-order valence-electron chi connectivity index (χ4n) is 1.32. The third-order valence-corrected chi connectivity index (χ3v) is 2.24. The second kappa shape index (κ2) is 8.72. The quantitative estimate of drug-likeness (QED) is 0.640. The highest BCUT2D eigenvalue weighted by atomic mass is 19.4. The maximum absolute atomic E-state index is 12.2. The lowest BCUT2D eigenvalue weighted by molar-refractivity contribution is -0.147. The van der Waals surface area contributed by atoms with Crippen molar-refractivity contribution < 1.29 is 17.9 Å². The Hall–Kier alpha value is -0.330. The van der Waals surface area contributed by atoms with Gasteiger partial charge in [-0.15, -0.1) is 0 Å². The lowest BCUT2D eigenvalue weighted by atomic mass is 10.1. The molecular weight excluding hydrogens is 233 g/mol. The largest absolute Gasteiger partial charge is 0.401 e. The summed E-state index contributed by atoms with van der Waals surface area (Å²) in [5.41, 5.74) is 5.27. The van der Waals surface area contributed by atoms with Crippen molar-refractivity contribution in [2.24, 2.45) is 11.7 Å². The maximum Gasteiger partial charge on any atom is 0.401 e. The zero-order valence-corrected chi connectivity index (χ0v) is 10.6. The van der Waals surface area contributed by atoms with Gasteiger partial charge in [0, 0.05) is 26.2 Å². The predicted molar refractivity (Wildman–Crippen MR) is 61.8 cm³/mol. The molecule has 0 amide bonds. The van der Waals surface area contributed by atoms with E-state index < -0.39 is 12.7 Å². The topological polar surface area (TPSA) is 38.5 Å². The van der Waals surface area contributed by atoms with Crippen LogP contribution in [0.5, 0.6) is 0 Å². The monoisotopic (exact) mass is 256 g/mol. The van der Waals surface area contributed by atoms with Gasteiger partial charge in [0.2, 0.25) is 0 Å². The molecule has 0 bridgehead atoms. The molecule has 6 heteroatoms. The van der Waals surface area contributed by atoms with Crippen LogP contribution in [-0.2, 0) is 4.74 Å². The van der Waals surface area contributed by atoms with Crippen molar-refractivity contribution in [3.05, 3.63) is 0 Å². The number of nitrogens with two attached hydrogens (primary N) is 1. The fraction of sp³-hybridized carbons (Fsp3) is 1.00. The molecule has 17 heavy (non-hydrogen) atoms. The molecular formula is C11H23F3N2O. The van der Waals surface area contributed by atoms with E-state index in [2.05, 4.69) is 13.8 Å². The molecule has 0 aliphatic rings. The Morgan fingerprint density at radius 1 is 1.18 bits per heavy atom. The van der Waals surface area contributed by atoms with Gasteiger partial charge in [0.15, 0.2) is 0 Å². The summed E-state index contributed by atoms with van der Waals surface area (Å²) in [7, 11) is 0. The van der Waals surface area contributed by atoms with Crippen molar-refractivity contribution in [1.29, 1.82) is 0 Å². The molecule has 3 nitrogen and oxygen atoms in total. The molecule has 0 unspecified atom stereocenters. The molecule has 0 rings (SSSR count). The van der Waals surface area contributed by atoms with Crippen LogP contribution >= 0.6 is 0 Å². The van der Waals surface area contributed by atoms with Crippen LogP contribution in [0.3, 0.4) is 0 Å². The van der Waals surface area contributed by atoms with Gasteiger partial charge < -0.3 is 10.5 Å². The Morgan fingerprint density at radius 3 is 2.29 bits per heavy atom. The summed E-state index contributed by atoms with van der Waals surface area (Å²) < 4.78 is 41.8. The van der Waals surface area contributed by atoms with E-state index in [4.69, 9.17) is 10.5 Å². The highest BCUT2D eigenvalue weighted by Crippen LogP contribution is 2.15. The minimum absolute atomic E-state index is 0.224. The van der Waals surface area contributed by atoms with Crippen molar-refractivity contribution in [3.63, 3.8) is 0 Å². The number of ether oxygens (including phenoxy) is 1. The van der Waals surface area contributed by atoms with Crippen molar-refractivity contribution in [3.8, 4) is 0 Å². The Morgan fingerprint density at radius 2 is 1.82 bits per heavy atom. The highest BCUT2D eigenvalue weighted by molar-refractivity contribution is 4.63. The number of hydrogen-bond donors (Lipinski definition) is 1. The third-order valence-electron chi connectivity index (χ3n) is 2.24. The first kappa shape index (κ1) is 16.7. The average Bonchev–Trinajstić information content (AvgIpc) is 2.14. The van der Waals surface area contributed by atoms with E-state index in [1.807, 2.05) is 0 Å². The number of halogens is 3. The molecule has 0 aromatic carbocycles. The van der Waals surface area contributed by atoms with E-state index in [0.717, 1.165) is 6.42 Å². The number of hydrogen-bond acceptors (Lipinski definition) is 3. The summed E-state index contributed by atoms with van der Waals surface area (Å²) in [6, 6.07) is 0. The average molecular weight is 256 g/mol. The second-order valence-electron chi connectivity index (χ2n) is 4.47. The van der Waals surface area contributed by atoms with E-state index in [0.29, 0.717) is 19.1 Å². The smallest absolute Gasteiger partial charge is 0.380 e. The first-order valence-corrected chi connectivity index (χ1v) is 5.92. The van der Waals surface area contributed by atoms with Crippen LogP contribution in [0.1, 0.15) is 20.3 Å². The van der Waals surface area contributed by atoms with Gasteiger partial charge in [0.25, 0.3) is 0 Å². The van der Waals surface area contributed by atoms with Crippen LogP contribution in [0.25, 0.3) is 0 Å². The molecule has 0 aromatic rings. The third kappa shape index (κ3) is 11.9. The molecule has 0 aliphatic carbocycles. The van der Waals surface area contributed by atoms with Crippen molar-refractivity contribution in [2.75, 3.05) is 39.4 Å². The van der Waals surface area contributed by atoms with Gasteiger partial charge in [-0.2, -0.15) is 13.2 Å². The van der Waals surface area contributed by atoms with Gasteiger partial charge in [-0.25, -0.2) is 0 Å². The molecule has 2 N–H and O–H groups in total. The number of alkyl halides is 3. The Bertz CT molecular complexity index is 186. The summed E-state index contributed by atoms with van der Waals surface area (Å²) in [5.74, 6) is 0.547. The van der Waals surface area contributed by atoms with Gasteiger partial charge in [0.1, 0.15) is 0 Å². The van der Waals surface area contributed by atoms with Crippen LogP contribution in [-0.4, -0.2) is 50.5 Å². The lowest BCUT2D eigenvalue weighted by Crippen LogP contribution is -2.39. The predicted octanol–water partition coefficient (Wildman–Crippen LogP) is 1.87. The molecule has 104 valence electrons. The SMILES string of the molecule is CC(C)CCOCCN(CCN)CC(F)(F)F. The first-order valence-electron chi connectivity index (χ1n) is 5.92. The number of rotatable bonds is 9. The fourth-order valence-corrected chi connectivity index (χ4v) is 1.32. The lowest BCUT2D eigenvalue weighted by Gasteiger charge is -2.22. The summed E-state index contributed by atoms with van der Waals surface area (Å²) in [4.78, 5) is 1.27. The van der Waals surface area contributed by atoms with Crippen molar-refractivity contribution in [2.45, 2.75) is 26.4 Å². The van der Waals surface area contributed by atoms with Gasteiger partial charge in [-0.1, -0.05) is 13.8 Å². The van der Waals surface area contributed by atoms with Crippen LogP contribution in [0.2, 0.25) is 0 Å². The summed E-state index contributed by atoms with van der Waals surface area (Å²) in [6.45, 7) is 4.89. The first-order chi connectivity index (χ1) is 7.85. The van der Waals surface area contributed by atoms with Crippen molar-refractivity contribution >= 4 is 0 Å². The zero-order chi connectivity index (χ0) is 13.3. The van der Waals surface area contributed by atoms with E-state index in [-0.39, 0.29) is 19.6 Å². The normalized spacial score (nSPS) is 12.7. The Kier molecular flexibility index (Phi) is 8.55. The Balaban J connectivity index is 3.70. The van der Waals surface area contributed by atoms with Gasteiger partial charge in [-0.05, 0) is 12.3 Å². The van der Waals surface area contributed by atoms with E-state index >= 15 is 0 Å². The standard InChI is InChI=1S/C11H23F3N2O/c1-10(2)3-7-17-8-6-16(5-4-15)9-11(12,13)14/h10H,3-9,15H2,1-2H3. The van der Waals surface area contributed by atoms with E-state index in [9.17, 15) is 13.2 Å². The minimum Gasteiger partial charge on any atom is -0.380 e. The van der Waals surface area contributed by atoms with Gasteiger partial charge >= 0.3 is 6.18 Å². The molecule has 0 atom stereocenters. The molecule has 0 fully saturated rings. The van der Waals surface area contributed by atoms with Crippen LogP contribution in [0.4, 0.5) is 13.2 Å². The van der Waals surface area contributed by atoms with Crippen molar-refractivity contribution in [1.82, 2.24) is 4.90 Å². The Labute approximate surface area is 101 Å². The summed E-state index contributed by atoms with van der Waals surface area (Å²) >= 11 is 0. The molecule has 0 aliphatic heterocycles. The molecule has 0 spiro atoms. The zero-order valence-electron chi connectivity index (χ0n) is 10.6. The molecule has 0 aromatic heterocycles. The van der Waals surface area contributed by atoms with Gasteiger partial charge in [-0.3, -0.25) is 4.90 Å². The van der Waals surface area contributed by atoms with E-state index in [1.54, 1.807) is 0 Å². The van der Waals surface area contributed by atoms with Crippen LogP contribution in [0, 0.1) is 5.92 Å². The second-order valence-corrected chi connectivity index (χ2v) is 4.47. The molecule has 0 saturated heterocycles. The molecule has 0 saturated carbocycles. The highest BCUT2D eigenvalue weighted by Gasteiger charge is 2.30. The number of nitrogens with zero attached hydrogens (tertiary/aromatic N) is 1.